The molecule has 1 radical (unpaired) electrons. The molecule has 0 N–H and O–H groups in total. The first-order valence-electron chi connectivity index (χ1n) is 5.17. The molecule has 0 aliphatic heterocycles. The molecule has 0 aliphatic carbocycles. The van der Waals surface area contributed by atoms with E-state index in [0.717, 1.165) is 32.3 Å². The van der Waals surface area contributed by atoms with Crippen LogP contribution in [0.2, 0.25) is 0 Å². The van der Waals surface area contributed by atoms with Gasteiger partial charge in [0.15, 0.2) is 6.29 Å². The zero-order chi connectivity index (χ0) is 10.1. The molecule has 0 aromatic carbocycles. The highest BCUT2D eigenvalue weighted by Gasteiger charge is 2.11. The van der Waals surface area contributed by atoms with Crippen LogP contribution >= 0.6 is 12.6 Å². The summed E-state index contributed by atoms with van der Waals surface area (Å²) in [6.07, 6.45) is 3.79. The van der Waals surface area contributed by atoms with Crippen molar-refractivity contribution in [2.45, 2.75) is 58.2 Å². The minimum absolute atomic E-state index is 0.0909. The van der Waals surface area contributed by atoms with E-state index in [0.29, 0.717) is 0 Å². The molecule has 0 aromatic heterocycles. The summed E-state index contributed by atoms with van der Waals surface area (Å²) in [6, 6.07) is 0. The Balaban J connectivity index is 3.56. The van der Waals surface area contributed by atoms with E-state index in [9.17, 15) is 0 Å². The second-order valence-corrected chi connectivity index (χ2v) is 3.59. The minimum atomic E-state index is -0.103. The molecule has 0 saturated carbocycles. The van der Waals surface area contributed by atoms with Gasteiger partial charge in [-0.05, 0) is 19.3 Å². The Hall–Kier alpha value is 0.270. The van der Waals surface area contributed by atoms with E-state index in [2.05, 4.69) is 13.8 Å². The zero-order valence-corrected chi connectivity index (χ0v) is 9.73. The molecule has 0 amide bonds. The highest BCUT2D eigenvalue weighted by molar-refractivity contribution is 7.80. The first kappa shape index (κ1) is 13.3. The molecule has 2 atom stereocenters. The van der Waals surface area contributed by atoms with Gasteiger partial charge >= 0.3 is 0 Å². The van der Waals surface area contributed by atoms with E-state index in [-0.39, 0.29) is 11.7 Å². The summed E-state index contributed by atoms with van der Waals surface area (Å²) in [5.74, 6) is 0. The van der Waals surface area contributed by atoms with Crippen molar-refractivity contribution in [3.05, 3.63) is 0 Å². The summed E-state index contributed by atoms with van der Waals surface area (Å²) < 4.78 is 11.0. The van der Waals surface area contributed by atoms with Crippen LogP contribution in [-0.2, 0) is 9.47 Å². The van der Waals surface area contributed by atoms with Gasteiger partial charge in [-0.1, -0.05) is 39.8 Å². The van der Waals surface area contributed by atoms with Gasteiger partial charge in [-0.25, -0.2) is 0 Å². The quantitative estimate of drug-likeness (QED) is 0.565. The van der Waals surface area contributed by atoms with Crippen molar-refractivity contribution in [2.24, 2.45) is 0 Å². The molecule has 0 fully saturated rings. The first-order valence-corrected chi connectivity index (χ1v) is 5.64. The van der Waals surface area contributed by atoms with Gasteiger partial charge in [-0.15, -0.1) is 0 Å². The minimum Gasteiger partial charge on any atom is -0.353 e. The highest BCUT2D eigenvalue weighted by atomic mass is 32.1. The van der Waals surface area contributed by atoms with E-state index in [1.165, 1.54) is 0 Å². The van der Waals surface area contributed by atoms with Gasteiger partial charge in [0.05, 0.1) is 0 Å². The van der Waals surface area contributed by atoms with Crippen molar-refractivity contribution in [3.63, 3.8) is 0 Å². The lowest BCUT2D eigenvalue weighted by Gasteiger charge is -2.20. The van der Waals surface area contributed by atoms with E-state index in [1.807, 2.05) is 6.92 Å². The Morgan fingerprint density at radius 3 is 2.31 bits per heavy atom. The van der Waals surface area contributed by atoms with Crippen molar-refractivity contribution in [2.75, 3.05) is 6.61 Å². The summed E-state index contributed by atoms with van der Waals surface area (Å²) in [6.45, 7) is 7.00. The van der Waals surface area contributed by atoms with Gasteiger partial charge in [0, 0.05) is 6.61 Å². The average molecular weight is 205 g/mol. The molecule has 2 unspecified atom stereocenters. The first-order chi connectivity index (χ1) is 6.24. The fourth-order valence-corrected chi connectivity index (χ4v) is 1.34. The zero-order valence-electron chi connectivity index (χ0n) is 8.91. The third-order valence-corrected chi connectivity index (χ3v) is 2.02. The van der Waals surface area contributed by atoms with E-state index in [4.69, 9.17) is 22.1 Å². The van der Waals surface area contributed by atoms with E-state index >= 15 is 0 Å². The molecule has 0 saturated heterocycles. The lowest BCUT2D eigenvalue weighted by molar-refractivity contribution is -0.152. The standard InChI is InChI=1S/C10H21O2S/c1-4-7-10(13)12-9(6-3)11-8-5-2/h9-10H,4-8H2,1-3H3. The summed E-state index contributed by atoms with van der Waals surface area (Å²) in [5.41, 5.74) is -0.0909. The number of hydrogen-bond donors (Lipinski definition) is 0. The van der Waals surface area contributed by atoms with Crippen LogP contribution in [-0.4, -0.2) is 18.3 Å². The maximum absolute atomic E-state index is 5.53. The fourth-order valence-electron chi connectivity index (χ4n) is 0.976. The Morgan fingerprint density at radius 2 is 1.85 bits per heavy atom. The second kappa shape index (κ2) is 8.85. The predicted octanol–water partition coefficient (Wildman–Crippen LogP) is 3.49. The van der Waals surface area contributed by atoms with E-state index in [1.54, 1.807) is 0 Å². The van der Waals surface area contributed by atoms with Crippen LogP contribution in [0.25, 0.3) is 0 Å². The lowest BCUT2D eigenvalue weighted by atomic mass is 10.3. The fraction of sp³-hybridized carbons (Fsp3) is 1.00. The van der Waals surface area contributed by atoms with Gasteiger partial charge < -0.3 is 9.47 Å². The predicted molar refractivity (Wildman–Crippen MR) is 57.7 cm³/mol. The molecule has 13 heavy (non-hydrogen) atoms. The van der Waals surface area contributed by atoms with Gasteiger partial charge in [0.25, 0.3) is 0 Å². The molecule has 2 nitrogen and oxygen atoms in total. The summed E-state index contributed by atoms with van der Waals surface area (Å²) >= 11 is 5.13. The van der Waals surface area contributed by atoms with Gasteiger partial charge in [0.2, 0.25) is 0 Å². The normalized spacial score (nSPS) is 15.7. The second-order valence-electron chi connectivity index (χ2n) is 3.06. The summed E-state index contributed by atoms with van der Waals surface area (Å²) in [7, 11) is 0. The molecule has 0 aromatic rings. The number of hydrogen-bond acceptors (Lipinski definition) is 2. The molecular formula is C10H21O2S. The Bertz CT molecular complexity index is 109. The topological polar surface area (TPSA) is 18.5 Å². The Morgan fingerprint density at radius 1 is 1.15 bits per heavy atom. The van der Waals surface area contributed by atoms with Crippen molar-refractivity contribution in [1.82, 2.24) is 0 Å². The molecule has 0 bridgehead atoms. The molecule has 0 rings (SSSR count). The van der Waals surface area contributed by atoms with Gasteiger partial charge in [-0.2, -0.15) is 0 Å². The molecular weight excluding hydrogens is 184 g/mol. The molecule has 0 heterocycles. The van der Waals surface area contributed by atoms with Crippen molar-refractivity contribution >= 4 is 12.6 Å². The molecule has 79 valence electrons. The number of rotatable bonds is 8. The number of ether oxygens (including phenoxy) is 2. The molecule has 0 spiro atoms. The maximum atomic E-state index is 5.53. The van der Waals surface area contributed by atoms with Crippen LogP contribution in [0.3, 0.4) is 0 Å². The maximum Gasteiger partial charge on any atom is 0.158 e. The van der Waals surface area contributed by atoms with Crippen molar-refractivity contribution in [1.29, 1.82) is 0 Å². The van der Waals surface area contributed by atoms with Crippen molar-refractivity contribution in [3.8, 4) is 0 Å². The summed E-state index contributed by atoms with van der Waals surface area (Å²) in [5, 5.41) is 0. The average Bonchev–Trinajstić information content (AvgIpc) is 2.12. The SMILES string of the molecule is CCCOC(CC)OC([S])CCC. The lowest BCUT2D eigenvalue weighted by Crippen LogP contribution is -2.21. The summed E-state index contributed by atoms with van der Waals surface area (Å²) in [4.78, 5) is 0. The van der Waals surface area contributed by atoms with Crippen LogP contribution in [0.5, 0.6) is 0 Å². The van der Waals surface area contributed by atoms with Gasteiger partial charge in [0.1, 0.15) is 5.44 Å². The van der Waals surface area contributed by atoms with Crippen LogP contribution in [0.15, 0.2) is 0 Å². The highest BCUT2D eigenvalue weighted by Crippen LogP contribution is 2.12. The third kappa shape index (κ3) is 7.35. The van der Waals surface area contributed by atoms with E-state index < -0.39 is 0 Å². The molecule has 3 heteroatoms. The monoisotopic (exact) mass is 205 g/mol. The van der Waals surface area contributed by atoms with Crippen LogP contribution in [0.1, 0.15) is 46.5 Å². The Kier molecular flexibility index (Phi) is 9.03. The largest absolute Gasteiger partial charge is 0.353 e. The Labute approximate surface area is 87.4 Å². The third-order valence-electron chi connectivity index (χ3n) is 1.67. The smallest absolute Gasteiger partial charge is 0.158 e. The van der Waals surface area contributed by atoms with Crippen LogP contribution < -0.4 is 0 Å². The van der Waals surface area contributed by atoms with Crippen molar-refractivity contribution < 1.29 is 9.47 Å². The molecule has 0 aliphatic rings. The van der Waals surface area contributed by atoms with Gasteiger partial charge in [-0.3, -0.25) is 0 Å². The van der Waals surface area contributed by atoms with Crippen LogP contribution in [0, 0.1) is 0 Å². The van der Waals surface area contributed by atoms with Crippen LogP contribution in [0.4, 0.5) is 0 Å².